The first kappa shape index (κ1) is 28.2. The van der Waals surface area contributed by atoms with Gasteiger partial charge in [0.05, 0.1) is 54.1 Å². The van der Waals surface area contributed by atoms with E-state index in [1.54, 1.807) is 6.07 Å². The minimum Gasteiger partial charge on any atom is -0.473 e. The van der Waals surface area contributed by atoms with Gasteiger partial charge in [-0.25, -0.2) is 19.3 Å². The molecule has 0 radical (unpaired) electrons. The number of esters is 1. The first-order valence-electron chi connectivity index (χ1n) is 16.1. The third-order valence-electron chi connectivity index (χ3n) is 9.52. The Bertz CT molecular complexity index is 1850. The molecule has 10 nitrogen and oxygen atoms in total. The Kier molecular flexibility index (Phi) is 7.46. The minimum absolute atomic E-state index is 0.183. The number of hydrogen-bond donors (Lipinski definition) is 0. The number of fused-ring (bicyclic) bond motifs is 2. The van der Waals surface area contributed by atoms with Gasteiger partial charge in [-0.2, -0.15) is 5.10 Å². The van der Waals surface area contributed by atoms with Crippen molar-refractivity contribution in [3.05, 3.63) is 89.1 Å². The number of rotatable bonds is 10. The van der Waals surface area contributed by atoms with Gasteiger partial charge in [0.15, 0.2) is 0 Å². The van der Waals surface area contributed by atoms with Crippen molar-refractivity contribution < 1.29 is 19.0 Å². The van der Waals surface area contributed by atoms with Crippen molar-refractivity contribution in [3.63, 3.8) is 0 Å². The second-order valence-electron chi connectivity index (χ2n) is 12.6. The van der Waals surface area contributed by atoms with Gasteiger partial charge in [-0.1, -0.05) is 12.1 Å². The number of methoxy groups -OCH3 is 1. The van der Waals surface area contributed by atoms with Crippen LogP contribution < -0.4 is 4.74 Å². The van der Waals surface area contributed by atoms with Crippen molar-refractivity contribution >= 4 is 22.5 Å². The molecular weight excluding hydrogens is 568 g/mol. The number of pyridine rings is 2. The van der Waals surface area contributed by atoms with Crippen LogP contribution in [-0.4, -0.2) is 67.9 Å². The fourth-order valence-corrected chi connectivity index (χ4v) is 6.64. The third-order valence-corrected chi connectivity index (χ3v) is 9.52. The molecule has 0 N–H and O–H groups in total. The maximum atomic E-state index is 12.2. The highest BCUT2D eigenvalue weighted by atomic mass is 16.5. The molecule has 1 aromatic carbocycles. The topological polar surface area (TPSA) is 96.0 Å². The summed E-state index contributed by atoms with van der Waals surface area (Å²) < 4.78 is 21.2. The van der Waals surface area contributed by atoms with E-state index in [0.29, 0.717) is 29.9 Å². The van der Waals surface area contributed by atoms with Gasteiger partial charge in [0.25, 0.3) is 0 Å². The Hall–Kier alpha value is -4.28. The summed E-state index contributed by atoms with van der Waals surface area (Å²) in [7, 11) is 1.41. The Morgan fingerprint density at radius 2 is 1.78 bits per heavy atom. The zero-order valence-electron chi connectivity index (χ0n) is 25.6. The molecule has 1 atom stereocenters. The molecule has 2 aliphatic heterocycles. The highest BCUT2D eigenvalue weighted by Crippen LogP contribution is 2.40. The standard InChI is InChI=1S/C35H38N6O4/c1-43-35(42)25-9-10-29-32(18-25)40(20-27-13-17-44-27)33(36-29)21-39-15-11-24(12-16-39)28-5-2-6-34(37-28)45-22-26-4-3-14-41-31(26)19-30(38-41)23-7-8-23/h2-6,9-10,14,18-19,23-24,27H,7-8,11-13,15-17,20-22H2,1H3. The van der Waals surface area contributed by atoms with Gasteiger partial charge in [0.1, 0.15) is 12.4 Å². The van der Waals surface area contributed by atoms with E-state index in [1.165, 1.54) is 25.6 Å². The quantitative estimate of drug-likeness (QED) is 0.193. The van der Waals surface area contributed by atoms with Crippen LogP contribution in [0.1, 0.15) is 77.1 Å². The predicted octanol–water partition coefficient (Wildman–Crippen LogP) is 5.49. The maximum Gasteiger partial charge on any atom is 0.337 e. The lowest BCUT2D eigenvalue weighted by Crippen LogP contribution is -2.35. The SMILES string of the molecule is COC(=O)c1ccc2nc(CN3CCC(c4cccc(OCc5cccn6nc(C7CC7)cc56)n4)CC3)n(CC3CCO3)c2c1. The highest BCUT2D eigenvalue weighted by molar-refractivity contribution is 5.93. The van der Waals surface area contributed by atoms with Crippen molar-refractivity contribution in [2.75, 3.05) is 26.8 Å². The number of carbonyl (C=O) groups is 1. The average Bonchev–Trinajstić information content (AvgIpc) is 3.72. The molecule has 0 spiro atoms. The summed E-state index contributed by atoms with van der Waals surface area (Å²) >= 11 is 0. The lowest BCUT2D eigenvalue weighted by molar-refractivity contribution is -0.0592. The van der Waals surface area contributed by atoms with Gasteiger partial charge in [-0.15, -0.1) is 0 Å². The largest absolute Gasteiger partial charge is 0.473 e. The molecule has 8 rings (SSSR count). The van der Waals surface area contributed by atoms with Crippen molar-refractivity contribution in [3.8, 4) is 5.88 Å². The average molecular weight is 607 g/mol. The van der Waals surface area contributed by atoms with E-state index in [0.717, 1.165) is 85.7 Å². The molecule has 5 aromatic rings. The predicted molar refractivity (Wildman–Crippen MR) is 168 cm³/mol. The minimum atomic E-state index is -0.339. The summed E-state index contributed by atoms with van der Waals surface area (Å²) in [6, 6.07) is 18.1. The highest BCUT2D eigenvalue weighted by Gasteiger charge is 2.28. The molecule has 3 aliphatic rings. The fourth-order valence-electron chi connectivity index (χ4n) is 6.64. The summed E-state index contributed by atoms with van der Waals surface area (Å²) in [5.41, 5.74) is 6.89. The number of benzene rings is 1. The molecule has 1 aliphatic carbocycles. The summed E-state index contributed by atoms with van der Waals surface area (Å²) in [6.45, 7) is 4.67. The molecule has 232 valence electrons. The number of ether oxygens (including phenoxy) is 3. The van der Waals surface area contributed by atoms with Crippen LogP contribution in [0.2, 0.25) is 0 Å². The van der Waals surface area contributed by atoms with Crippen LogP contribution in [-0.2, 0) is 29.2 Å². The number of nitrogens with zero attached hydrogens (tertiary/aromatic N) is 6. The van der Waals surface area contributed by atoms with Crippen LogP contribution in [0, 0.1) is 0 Å². The zero-order chi connectivity index (χ0) is 30.3. The van der Waals surface area contributed by atoms with E-state index in [9.17, 15) is 4.79 Å². The summed E-state index contributed by atoms with van der Waals surface area (Å²) in [5, 5.41) is 4.76. The molecule has 2 saturated heterocycles. The van der Waals surface area contributed by atoms with Crippen molar-refractivity contribution in [2.45, 2.75) is 69.7 Å². The Morgan fingerprint density at radius 1 is 0.933 bits per heavy atom. The van der Waals surface area contributed by atoms with E-state index in [4.69, 9.17) is 29.3 Å². The molecule has 1 unspecified atom stereocenters. The zero-order valence-corrected chi connectivity index (χ0v) is 25.6. The third kappa shape index (κ3) is 5.80. The van der Waals surface area contributed by atoms with Gasteiger partial charge in [-0.3, -0.25) is 4.90 Å². The Morgan fingerprint density at radius 3 is 2.56 bits per heavy atom. The smallest absolute Gasteiger partial charge is 0.337 e. The second kappa shape index (κ2) is 11.9. The first-order chi connectivity index (χ1) is 22.1. The Balaban J connectivity index is 0.925. The van der Waals surface area contributed by atoms with E-state index in [2.05, 4.69) is 33.7 Å². The molecular formula is C35H38N6O4. The molecule has 45 heavy (non-hydrogen) atoms. The molecule has 0 bridgehead atoms. The number of aromatic nitrogens is 5. The van der Waals surface area contributed by atoms with Crippen LogP contribution in [0.5, 0.6) is 5.88 Å². The second-order valence-corrected chi connectivity index (χ2v) is 12.6. The molecule has 10 heteroatoms. The van der Waals surface area contributed by atoms with E-state index in [1.807, 2.05) is 35.0 Å². The monoisotopic (exact) mass is 606 g/mol. The molecule has 0 amide bonds. The number of hydrogen-bond acceptors (Lipinski definition) is 8. The summed E-state index contributed by atoms with van der Waals surface area (Å²) in [4.78, 5) is 24.6. The van der Waals surface area contributed by atoms with E-state index in [-0.39, 0.29) is 12.1 Å². The van der Waals surface area contributed by atoms with Gasteiger partial charge >= 0.3 is 5.97 Å². The maximum absolute atomic E-state index is 12.2. The normalized spacial score (nSPS) is 19.2. The van der Waals surface area contributed by atoms with E-state index >= 15 is 0 Å². The molecule has 3 fully saturated rings. The van der Waals surface area contributed by atoms with Gasteiger partial charge in [-0.05, 0) is 81.6 Å². The Labute approximate surface area is 261 Å². The lowest BCUT2D eigenvalue weighted by Gasteiger charge is -2.32. The van der Waals surface area contributed by atoms with Crippen molar-refractivity contribution in [1.82, 2.24) is 29.0 Å². The van der Waals surface area contributed by atoms with Crippen molar-refractivity contribution in [2.24, 2.45) is 0 Å². The van der Waals surface area contributed by atoms with Gasteiger partial charge in [0.2, 0.25) is 5.88 Å². The van der Waals surface area contributed by atoms with Crippen LogP contribution in [0.25, 0.3) is 16.6 Å². The molecule has 1 saturated carbocycles. The first-order valence-corrected chi connectivity index (χ1v) is 16.1. The number of imidazole rings is 1. The van der Waals surface area contributed by atoms with Crippen LogP contribution in [0.3, 0.4) is 0 Å². The number of carbonyl (C=O) groups excluding carboxylic acids is 1. The van der Waals surface area contributed by atoms with E-state index < -0.39 is 0 Å². The number of likely N-dealkylation sites (tertiary alicyclic amines) is 1. The van der Waals surface area contributed by atoms with Crippen molar-refractivity contribution in [1.29, 1.82) is 0 Å². The molecule has 4 aromatic heterocycles. The fraction of sp³-hybridized carbons (Fsp3) is 0.429. The summed E-state index contributed by atoms with van der Waals surface area (Å²) in [5.74, 6) is 2.33. The van der Waals surface area contributed by atoms with Crippen LogP contribution in [0.15, 0.2) is 60.8 Å². The van der Waals surface area contributed by atoms with Crippen LogP contribution in [0.4, 0.5) is 0 Å². The summed E-state index contributed by atoms with van der Waals surface area (Å²) in [6.07, 6.45) is 7.75. The lowest BCUT2D eigenvalue weighted by atomic mass is 9.93. The number of piperidine rings is 1. The molecule has 6 heterocycles. The van der Waals surface area contributed by atoms with Crippen LogP contribution >= 0.6 is 0 Å². The van der Waals surface area contributed by atoms with Gasteiger partial charge < -0.3 is 18.8 Å². The van der Waals surface area contributed by atoms with Gasteiger partial charge in [0, 0.05) is 42.0 Å².